The van der Waals surface area contributed by atoms with Gasteiger partial charge in [0.15, 0.2) is 11.6 Å². The van der Waals surface area contributed by atoms with E-state index in [0.29, 0.717) is 13.0 Å². The summed E-state index contributed by atoms with van der Waals surface area (Å²) in [4.78, 5) is 16.3. The van der Waals surface area contributed by atoms with Crippen molar-refractivity contribution in [1.29, 1.82) is 0 Å². The third kappa shape index (κ3) is 4.18. The van der Waals surface area contributed by atoms with E-state index in [1.165, 1.54) is 29.7 Å². The van der Waals surface area contributed by atoms with Crippen molar-refractivity contribution in [3.63, 3.8) is 0 Å². The van der Waals surface area contributed by atoms with Gasteiger partial charge < -0.3 is 5.32 Å². The Morgan fingerprint density at radius 2 is 2.26 bits per heavy atom. The number of halogens is 2. The van der Waals surface area contributed by atoms with Gasteiger partial charge in [-0.2, -0.15) is 0 Å². The van der Waals surface area contributed by atoms with E-state index in [4.69, 9.17) is 11.6 Å². The van der Waals surface area contributed by atoms with Gasteiger partial charge >= 0.3 is 6.03 Å². The van der Waals surface area contributed by atoms with Gasteiger partial charge in [0.25, 0.3) is 0 Å². The first-order chi connectivity index (χ1) is 9.15. The fourth-order valence-electron chi connectivity index (χ4n) is 1.41. The topological polar surface area (TPSA) is 54.0 Å². The molecule has 0 fully saturated rings. The maximum absolute atomic E-state index is 13.2. The number of hydrogen-bond donors (Lipinski definition) is 2. The number of rotatable bonds is 4. The maximum atomic E-state index is 13.2. The molecule has 0 radical (unpaired) electrons. The van der Waals surface area contributed by atoms with Gasteiger partial charge in [0.05, 0.1) is 4.34 Å². The van der Waals surface area contributed by atoms with Crippen molar-refractivity contribution in [2.24, 2.45) is 0 Å². The zero-order chi connectivity index (χ0) is 13.7. The van der Waals surface area contributed by atoms with E-state index in [-0.39, 0.29) is 5.82 Å². The van der Waals surface area contributed by atoms with Gasteiger partial charge in [0.1, 0.15) is 0 Å². The van der Waals surface area contributed by atoms with Crippen molar-refractivity contribution >= 4 is 34.8 Å². The predicted molar refractivity (Wildman–Crippen MR) is 74.2 cm³/mol. The fraction of sp³-hybridized carbons (Fsp3) is 0.167. The SMILES string of the molecule is O=C(NCCc1ccc(Cl)s1)Nc1ncccc1F. The average Bonchev–Trinajstić information content (AvgIpc) is 2.78. The van der Waals surface area contributed by atoms with Crippen LogP contribution < -0.4 is 10.6 Å². The Balaban J connectivity index is 1.77. The van der Waals surface area contributed by atoms with Crippen LogP contribution in [0.5, 0.6) is 0 Å². The number of pyridine rings is 1. The Morgan fingerprint density at radius 1 is 1.42 bits per heavy atom. The first-order valence-corrected chi connectivity index (χ1v) is 6.74. The third-order valence-corrected chi connectivity index (χ3v) is 3.57. The molecule has 0 aliphatic heterocycles. The van der Waals surface area contributed by atoms with Crippen molar-refractivity contribution in [3.05, 3.63) is 45.5 Å². The Labute approximate surface area is 118 Å². The molecule has 2 N–H and O–H groups in total. The summed E-state index contributed by atoms with van der Waals surface area (Å²) >= 11 is 7.26. The van der Waals surface area contributed by atoms with Crippen LogP contribution in [0.15, 0.2) is 30.5 Å². The second kappa shape index (κ2) is 6.49. The zero-order valence-corrected chi connectivity index (χ0v) is 11.4. The molecule has 2 rings (SSSR count). The number of carbonyl (C=O) groups excluding carboxylic acids is 1. The summed E-state index contributed by atoms with van der Waals surface area (Å²) in [5, 5.41) is 4.97. The Morgan fingerprint density at radius 3 is 2.95 bits per heavy atom. The quantitative estimate of drug-likeness (QED) is 0.910. The number of carbonyl (C=O) groups is 1. The van der Waals surface area contributed by atoms with Gasteiger partial charge in [-0.3, -0.25) is 5.32 Å². The van der Waals surface area contributed by atoms with Crippen LogP contribution >= 0.6 is 22.9 Å². The Kier molecular flexibility index (Phi) is 4.70. The van der Waals surface area contributed by atoms with E-state index in [1.807, 2.05) is 12.1 Å². The van der Waals surface area contributed by atoms with Crippen molar-refractivity contribution in [3.8, 4) is 0 Å². The molecule has 0 aromatic carbocycles. The molecule has 0 atom stereocenters. The van der Waals surface area contributed by atoms with Gasteiger partial charge in [-0.15, -0.1) is 11.3 Å². The number of thiophene rings is 1. The molecule has 0 saturated heterocycles. The number of nitrogens with one attached hydrogen (secondary N) is 2. The lowest BCUT2D eigenvalue weighted by atomic mass is 10.3. The highest BCUT2D eigenvalue weighted by Gasteiger charge is 2.06. The molecular formula is C12H11ClFN3OS. The molecule has 0 aliphatic rings. The lowest BCUT2D eigenvalue weighted by Gasteiger charge is -2.06. The molecule has 19 heavy (non-hydrogen) atoms. The molecule has 2 amide bonds. The highest BCUT2D eigenvalue weighted by Crippen LogP contribution is 2.21. The van der Waals surface area contributed by atoms with E-state index in [2.05, 4.69) is 15.6 Å². The summed E-state index contributed by atoms with van der Waals surface area (Å²) < 4.78 is 13.9. The summed E-state index contributed by atoms with van der Waals surface area (Å²) in [6.45, 7) is 0.442. The molecule has 2 aromatic heterocycles. The minimum Gasteiger partial charge on any atom is -0.337 e. The van der Waals surface area contributed by atoms with Crippen LogP contribution in [0, 0.1) is 5.82 Å². The van der Waals surface area contributed by atoms with Crippen LogP contribution in [0.1, 0.15) is 4.88 Å². The molecule has 0 unspecified atom stereocenters. The zero-order valence-electron chi connectivity index (χ0n) is 9.82. The van der Waals surface area contributed by atoms with E-state index < -0.39 is 11.8 Å². The van der Waals surface area contributed by atoms with Crippen LogP contribution in [0.3, 0.4) is 0 Å². The van der Waals surface area contributed by atoms with Crippen molar-refractivity contribution in [1.82, 2.24) is 10.3 Å². The molecule has 7 heteroatoms. The van der Waals surface area contributed by atoms with Gasteiger partial charge in [-0.1, -0.05) is 11.6 Å². The van der Waals surface area contributed by atoms with Gasteiger partial charge in [0.2, 0.25) is 0 Å². The monoisotopic (exact) mass is 299 g/mol. The first kappa shape index (κ1) is 13.8. The summed E-state index contributed by atoms with van der Waals surface area (Å²) in [6.07, 6.45) is 2.09. The smallest absolute Gasteiger partial charge is 0.320 e. The highest BCUT2D eigenvalue weighted by atomic mass is 35.5. The summed E-state index contributed by atoms with van der Waals surface area (Å²) in [6, 6.07) is 5.92. The summed E-state index contributed by atoms with van der Waals surface area (Å²) in [5.74, 6) is -0.651. The van der Waals surface area contributed by atoms with E-state index in [0.717, 1.165) is 9.21 Å². The van der Waals surface area contributed by atoms with Crippen LogP contribution in [0.25, 0.3) is 0 Å². The molecule has 0 bridgehead atoms. The minimum absolute atomic E-state index is 0.0841. The van der Waals surface area contributed by atoms with E-state index in [9.17, 15) is 9.18 Å². The largest absolute Gasteiger partial charge is 0.337 e. The van der Waals surface area contributed by atoms with Crippen molar-refractivity contribution in [2.45, 2.75) is 6.42 Å². The number of hydrogen-bond acceptors (Lipinski definition) is 3. The molecule has 4 nitrogen and oxygen atoms in total. The first-order valence-electron chi connectivity index (χ1n) is 5.55. The molecule has 2 heterocycles. The lowest BCUT2D eigenvalue weighted by Crippen LogP contribution is -2.31. The van der Waals surface area contributed by atoms with Crippen LogP contribution in [-0.4, -0.2) is 17.6 Å². The van der Waals surface area contributed by atoms with Crippen molar-refractivity contribution in [2.75, 3.05) is 11.9 Å². The second-order valence-corrected chi connectivity index (χ2v) is 5.47. The van der Waals surface area contributed by atoms with E-state index in [1.54, 1.807) is 0 Å². The normalized spacial score (nSPS) is 10.2. The second-order valence-electron chi connectivity index (χ2n) is 3.67. The summed E-state index contributed by atoms with van der Waals surface area (Å²) in [5.41, 5.74) is 0. The number of urea groups is 1. The molecule has 0 aliphatic carbocycles. The highest BCUT2D eigenvalue weighted by molar-refractivity contribution is 7.16. The average molecular weight is 300 g/mol. The van der Waals surface area contributed by atoms with Gasteiger partial charge in [-0.05, 0) is 30.7 Å². The third-order valence-electron chi connectivity index (χ3n) is 2.28. The number of anilines is 1. The van der Waals surface area contributed by atoms with Crippen LogP contribution in [0.2, 0.25) is 4.34 Å². The molecule has 2 aromatic rings. The number of amides is 2. The predicted octanol–water partition coefficient (Wildman–Crippen LogP) is 3.30. The van der Waals surface area contributed by atoms with Gasteiger partial charge in [-0.25, -0.2) is 14.2 Å². The van der Waals surface area contributed by atoms with E-state index >= 15 is 0 Å². The lowest BCUT2D eigenvalue weighted by molar-refractivity contribution is 0.252. The standard InChI is InChI=1S/C12H11ClFN3OS/c13-10-4-3-8(19-10)5-7-16-12(18)17-11-9(14)2-1-6-15-11/h1-4,6H,5,7H2,(H2,15,16,17,18). The van der Waals surface area contributed by atoms with Crippen LogP contribution in [-0.2, 0) is 6.42 Å². The molecule has 0 saturated carbocycles. The molecule has 100 valence electrons. The Hall–Kier alpha value is -1.66. The van der Waals surface area contributed by atoms with Crippen molar-refractivity contribution < 1.29 is 9.18 Å². The minimum atomic E-state index is -0.567. The molecular weight excluding hydrogens is 289 g/mol. The maximum Gasteiger partial charge on any atom is 0.320 e. The summed E-state index contributed by atoms with van der Waals surface area (Å²) in [7, 11) is 0. The number of aromatic nitrogens is 1. The fourth-order valence-corrected chi connectivity index (χ4v) is 2.50. The van der Waals surface area contributed by atoms with Crippen LogP contribution in [0.4, 0.5) is 15.0 Å². The molecule has 0 spiro atoms. The number of nitrogens with zero attached hydrogens (tertiary/aromatic N) is 1. The Bertz CT molecular complexity index is 576. The van der Waals surface area contributed by atoms with Gasteiger partial charge in [0, 0.05) is 17.6 Å².